The molecule has 3 amide bonds. The van der Waals surface area contributed by atoms with Gasteiger partial charge < -0.3 is 14.6 Å². The molecule has 3 aromatic carbocycles. The molecule has 0 unspecified atom stereocenters. The Morgan fingerprint density at radius 2 is 1.74 bits per heavy atom. The Bertz CT molecular complexity index is 1810. The van der Waals surface area contributed by atoms with Gasteiger partial charge in [-0.1, -0.05) is 29.8 Å². The molecule has 3 N–H and O–H groups in total. The zero-order chi connectivity index (χ0) is 27.5. The first kappa shape index (κ1) is 25.7. The number of benzene rings is 3. The number of nitrogens with zero attached hydrogens (tertiary/aromatic N) is 2. The number of phenols is 1. The van der Waals surface area contributed by atoms with Crippen molar-refractivity contribution in [1.82, 2.24) is 19.5 Å². The lowest BCUT2D eigenvalue weighted by molar-refractivity contribution is 0.0878. The fourth-order valence-electron chi connectivity index (χ4n) is 4.71. The van der Waals surface area contributed by atoms with E-state index >= 15 is 0 Å². The highest BCUT2D eigenvalue weighted by molar-refractivity contribution is 7.90. The van der Waals surface area contributed by atoms with E-state index in [1.165, 1.54) is 12.1 Å². The first-order valence-electron chi connectivity index (χ1n) is 11.5. The van der Waals surface area contributed by atoms with E-state index < -0.39 is 33.5 Å². The maximum Gasteiger partial charge on any atom is 0.268 e. The summed E-state index contributed by atoms with van der Waals surface area (Å²) in [5.74, 6) is -2.92. The van der Waals surface area contributed by atoms with Crippen LogP contribution in [0.25, 0.3) is 32.9 Å². The number of rotatable bonds is 6. The van der Waals surface area contributed by atoms with Crippen molar-refractivity contribution in [2.24, 2.45) is 7.05 Å². The zero-order valence-electron chi connectivity index (χ0n) is 20.6. The lowest BCUT2D eigenvalue weighted by atomic mass is 9.92. The molecule has 0 aliphatic carbocycles. The van der Waals surface area contributed by atoms with Gasteiger partial charge in [0.25, 0.3) is 17.7 Å². The number of carbonyl (C=O) groups is 3. The van der Waals surface area contributed by atoms with Crippen LogP contribution in [-0.4, -0.2) is 67.1 Å². The first-order valence-corrected chi connectivity index (χ1v) is 13.5. The molecule has 0 bridgehead atoms. The van der Waals surface area contributed by atoms with E-state index in [1.807, 2.05) is 4.72 Å². The molecule has 0 fully saturated rings. The Morgan fingerprint density at radius 1 is 1.05 bits per heavy atom. The molecule has 2 heterocycles. The number of hydrogen-bond acceptors (Lipinski definition) is 7. The highest BCUT2D eigenvalue weighted by Gasteiger charge is 2.35. The number of halogens is 1. The quantitative estimate of drug-likeness (QED) is 0.312. The Labute approximate surface area is 222 Å². The van der Waals surface area contributed by atoms with Gasteiger partial charge in [0.1, 0.15) is 5.75 Å². The lowest BCUT2D eigenvalue weighted by Gasteiger charge is -2.11. The van der Waals surface area contributed by atoms with Gasteiger partial charge in [0, 0.05) is 40.5 Å². The monoisotopic (exact) mass is 554 g/mol. The minimum absolute atomic E-state index is 0.135. The molecule has 5 rings (SSSR count). The number of amides is 3. The van der Waals surface area contributed by atoms with Gasteiger partial charge in [-0.3, -0.25) is 19.7 Å². The van der Waals surface area contributed by atoms with E-state index in [9.17, 15) is 27.9 Å². The number of hydrogen-bond donors (Lipinski definition) is 3. The van der Waals surface area contributed by atoms with Crippen molar-refractivity contribution in [3.05, 3.63) is 64.2 Å². The van der Waals surface area contributed by atoms with Gasteiger partial charge in [0.05, 0.1) is 28.0 Å². The predicted octanol–water partition coefficient (Wildman–Crippen LogP) is 2.86. The molecule has 0 atom stereocenters. The van der Waals surface area contributed by atoms with E-state index in [2.05, 4.69) is 5.32 Å². The fourth-order valence-corrected chi connectivity index (χ4v) is 6.04. The van der Waals surface area contributed by atoms with Gasteiger partial charge >= 0.3 is 0 Å². The number of imide groups is 1. The van der Waals surface area contributed by atoms with E-state index in [0.717, 1.165) is 0 Å². The van der Waals surface area contributed by atoms with Crippen molar-refractivity contribution in [2.75, 3.05) is 26.4 Å². The first-order chi connectivity index (χ1) is 17.9. The predicted molar refractivity (Wildman–Crippen MR) is 144 cm³/mol. The average molecular weight is 555 g/mol. The second-order valence-corrected chi connectivity index (χ2v) is 11.6. The molecule has 38 heavy (non-hydrogen) atoms. The Kier molecular flexibility index (Phi) is 6.17. The molecule has 0 radical (unpaired) electrons. The molecule has 0 spiro atoms. The van der Waals surface area contributed by atoms with Crippen molar-refractivity contribution in [3.8, 4) is 16.9 Å². The standard InChI is InChI=1S/C26H23ClN4O6S/c1-30(2)8-9-38(36,37)29-24(33)16-11-18-15(12-20(16)32)21-19(31(18)3)10-14(13-6-4-5-7-17(13)27)22-23(21)26(35)28-25(22)34/h4-7,10-12,32H,8-9H2,1-3H3,(H,29,33)(H,28,34,35). The summed E-state index contributed by atoms with van der Waals surface area (Å²) in [5, 5.41) is 14.3. The van der Waals surface area contributed by atoms with Crippen molar-refractivity contribution >= 4 is 61.2 Å². The van der Waals surface area contributed by atoms with Crippen molar-refractivity contribution < 1.29 is 27.9 Å². The maximum absolute atomic E-state index is 13.0. The minimum atomic E-state index is -3.95. The third kappa shape index (κ3) is 4.18. The van der Waals surface area contributed by atoms with E-state index in [0.29, 0.717) is 38.0 Å². The molecule has 1 aliphatic heterocycles. The number of carbonyl (C=O) groups excluding carboxylic acids is 3. The largest absolute Gasteiger partial charge is 0.507 e. The van der Waals surface area contributed by atoms with Crippen LogP contribution in [0.5, 0.6) is 5.75 Å². The summed E-state index contributed by atoms with van der Waals surface area (Å²) in [6.45, 7) is 0.205. The number of aromatic nitrogens is 1. The van der Waals surface area contributed by atoms with Gasteiger partial charge in [-0.15, -0.1) is 0 Å². The molecule has 12 heteroatoms. The van der Waals surface area contributed by atoms with Crippen LogP contribution >= 0.6 is 11.6 Å². The zero-order valence-corrected chi connectivity index (χ0v) is 22.2. The summed E-state index contributed by atoms with van der Waals surface area (Å²) < 4.78 is 28.4. The van der Waals surface area contributed by atoms with Crippen LogP contribution in [0.15, 0.2) is 42.5 Å². The Hall–Kier alpha value is -3.93. The van der Waals surface area contributed by atoms with Crippen LogP contribution in [0, 0.1) is 0 Å². The molecule has 1 aliphatic rings. The van der Waals surface area contributed by atoms with Crippen molar-refractivity contribution in [1.29, 1.82) is 0 Å². The van der Waals surface area contributed by atoms with Crippen LogP contribution in [0.4, 0.5) is 0 Å². The molecule has 0 saturated carbocycles. The molecular formula is C26H23ClN4O6S. The second-order valence-electron chi connectivity index (χ2n) is 9.33. The van der Waals surface area contributed by atoms with Crippen molar-refractivity contribution in [3.63, 3.8) is 0 Å². The smallest absolute Gasteiger partial charge is 0.268 e. The summed E-state index contributed by atoms with van der Waals surface area (Å²) in [6.07, 6.45) is 0. The summed E-state index contributed by atoms with van der Waals surface area (Å²) in [5.41, 5.74) is 2.07. The minimum Gasteiger partial charge on any atom is -0.507 e. The SMILES string of the molecule is CN(C)CCS(=O)(=O)NC(=O)c1cc2c(cc1O)c1c3c(c(-c4ccccc4Cl)cc1n2C)C(=O)NC3=O. The van der Waals surface area contributed by atoms with E-state index in [-0.39, 0.29) is 29.0 Å². The van der Waals surface area contributed by atoms with Crippen LogP contribution < -0.4 is 10.0 Å². The average Bonchev–Trinajstić information content (AvgIpc) is 3.29. The van der Waals surface area contributed by atoms with Gasteiger partial charge in [0.15, 0.2) is 0 Å². The molecule has 1 aromatic heterocycles. The van der Waals surface area contributed by atoms with Crippen LogP contribution in [0.1, 0.15) is 31.1 Å². The van der Waals surface area contributed by atoms with Gasteiger partial charge in [-0.05, 0) is 43.9 Å². The molecule has 4 aromatic rings. The number of sulfonamides is 1. The van der Waals surface area contributed by atoms with Crippen LogP contribution in [-0.2, 0) is 17.1 Å². The van der Waals surface area contributed by atoms with E-state index in [1.54, 1.807) is 60.9 Å². The molecule has 10 nitrogen and oxygen atoms in total. The third-order valence-corrected chi connectivity index (χ3v) is 8.10. The summed E-state index contributed by atoms with van der Waals surface area (Å²) in [6, 6.07) is 11.3. The Balaban J connectivity index is 1.72. The number of aryl methyl sites for hydroxylation is 1. The van der Waals surface area contributed by atoms with Crippen LogP contribution in [0.2, 0.25) is 5.02 Å². The molecule has 196 valence electrons. The van der Waals surface area contributed by atoms with Crippen LogP contribution in [0.3, 0.4) is 0 Å². The normalized spacial score (nSPS) is 13.4. The Morgan fingerprint density at radius 3 is 2.42 bits per heavy atom. The summed E-state index contributed by atoms with van der Waals surface area (Å²) in [7, 11) is 1.16. The van der Waals surface area contributed by atoms with Gasteiger partial charge in [-0.2, -0.15) is 0 Å². The lowest BCUT2D eigenvalue weighted by Crippen LogP contribution is -2.35. The summed E-state index contributed by atoms with van der Waals surface area (Å²) >= 11 is 6.43. The number of phenolic OH excluding ortho intramolecular Hbond substituents is 1. The van der Waals surface area contributed by atoms with Gasteiger partial charge in [-0.25, -0.2) is 13.1 Å². The summed E-state index contributed by atoms with van der Waals surface area (Å²) in [4.78, 5) is 40.4. The fraction of sp³-hybridized carbons (Fsp3) is 0.192. The molecular weight excluding hydrogens is 532 g/mol. The topological polar surface area (TPSA) is 138 Å². The number of nitrogens with one attached hydrogen (secondary N) is 2. The second kappa shape index (κ2) is 9.12. The highest BCUT2D eigenvalue weighted by Crippen LogP contribution is 2.42. The highest BCUT2D eigenvalue weighted by atomic mass is 35.5. The van der Waals surface area contributed by atoms with Crippen molar-refractivity contribution in [2.45, 2.75) is 0 Å². The van der Waals surface area contributed by atoms with E-state index in [4.69, 9.17) is 11.6 Å². The molecule has 0 saturated heterocycles. The maximum atomic E-state index is 13.0. The number of fused-ring (bicyclic) bond motifs is 5. The number of aromatic hydroxyl groups is 1. The third-order valence-electron chi connectivity index (χ3n) is 6.56. The van der Waals surface area contributed by atoms with Gasteiger partial charge in [0.2, 0.25) is 10.0 Å².